The van der Waals surface area contributed by atoms with Crippen molar-refractivity contribution in [1.82, 2.24) is 25.0 Å². The van der Waals surface area contributed by atoms with Crippen molar-refractivity contribution in [3.05, 3.63) is 24.3 Å². The molecule has 9 heteroatoms. The molecule has 2 rings (SSSR count). The first-order valence-corrected chi connectivity index (χ1v) is 6.01. The van der Waals surface area contributed by atoms with E-state index in [4.69, 9.17) is 9.84 Å². The predicted octanol–water partition coefficient (Wildman–Crippen LogP) is 0.277. The summed E-state index contributed by atoms with van der Waals surface area (Å²) in [7, 11) is 0. The lowest BCUT2D eigenvalue weighted by Crippen LogP contribution is -2.12. The van der Waals surface area contributed by atoms with Gasteiger partial charge in [0.2, 0.25) is 5.88 Å². The van der Waals surface area contributed by atoms with Gasteiger partial charge in [-0.1, -0.05) is 5.21 Å². The highest BCUT2D eigenvalue weighted by Crippen LogP contribution is 2.10. The van der Waals surface area contributed by atoms with E-state index >= 15 is 0 Å². The Morgan fingerprint density at radius 3 is 3.05 bits per heavy atom. The van der Waals surface area contributed by atoms with Gasteiger partial charge in [0.15, 0.2) is 5.69 Å². The molecule has 9 nitrogen and oxygen atoms in total. The number of hydrogen-bond acceptors (Lipinski definition) is 7. The summed E-state index contributed by atoms with van der Waals surface area (Å²) >= 11 is 0. The summed E-state index contributed by atoms with van der Waals surface area (Å²) in [5.74, 6) is 0.0299. The third-order valence-corrected chi connectivity index (χ3v) is 2.34. The summed E-state index contributed by atoms with van der Waals surface area (Å²) in [6.07, 6.45) is 2.78. The van der Waals surface area contributed by atoms with Gasteiger partial charge in [0, 0.05) is 12.6 Å². The van der Waals surface area contributed by atoms with Crippen LogP contribution in [0.1, 0.15) is 17.4 Å². The second-order valence-corrected chi connectivity index (χ2v) is 3.77. The van der Waals surface area contributed by atoms with E-state index in [1.807, 2.05) is 6.92 Å². The molecule has 20 heavy (non-hydrogen) atoms. The number of rotatable bonds is 7. The lowest BCUT2D eigenvalue weighted by Gasteiger charge is -2.06. The molecule has 0 aliphatic rings. The summed E-state index contributed by atoms with van der Waals surface area (Å²) in [6.45, 7) is 3.40. The van der Waals surface area contributed by atoms with Crippen LogP contribution in [0.2, 0.25) is 0 Å². The van der Waals surface area contributed by atoms with E-state index in [0.29, 0.717) is 31.4 Å². The van der Waals surface area contributed by atoms with E-state index < -0.39 is 5.97 Å². The summed E-state index contributed by atoms with van der Waals surface area (Å²) in [5.41, 5.74) is -0.0781. The molecule has 0 aromatic carbocycles. The molecule has 0 aliphatic carbocycles. The number of carbonyl (C=O) groups is 1. The maximum absolute atomic E-state index is 10.6. The number of nitrogens with zero attached hydrogens (tertiary/aromatic N) is 5. The first-order chi connectivity index (χ1) is 9.69. The van der Waals surface area contributed by atoms with E-state index in [9.17, 15) is 4.79 Å². The Morgan fingerprint density at radius 1 is 1.50 bits per heavy atom. The predicted molar refractivity (Wildman–Crippen MR) is 68.7 cm³/mol. The molecule has 0 unspecified atom stereocenters. The van der Waals surface area contributed by atoms with E-state index in [2.05, 4.69) is 25.6 Å². The Balaban J connectivity index is 1.85. The van der Waals surface area contributed by atoms with Crippen LogP contribution in [-0.2, 0) is 6.54 Å². The topological polar surface area (TPSA) is 115 Å². The Morgan fingerprint density at radius 2 is 2.35 bits per heavy atom. The molecule has 2 aromatic rings. The minimum Gasteiger partial charge on any atom is -0.478 e. The molecular weight excluding hydrogens is 264 g/mol. The van der Waals surface area contributed by atoms with Crippen LogP contribution in [0, 0.1) is 0 Å². The molecule has 0 spiro atoms. The van der Waals surface area contributed by atoms with Gasteiger partial charge in [0.1, 0.15) is 12.1 Å². The number of aromatic nitrogens is 5. The zero-order valence-electron chi connectivity index (χ0n) is 10.9. The highest BCUT2D eigenvalue weighted by molar-refractivity contribution is 5.84. The SMILES string of the molecule is CCOc1cc(NCCn2cc(C(=O)O)nn2)ncn1. The molecule has 2 heterocycles. The summed E-state index contributed by atoms with van der Waals surface area (Å²) in [4.78, 5) is 18.6. The second kappa shape index (κ2) is 6.45. The fourth-order valence-electron chi connectivity index (χ4n) is 1.47. The Labute approximate surface area is 114 Å². The summed E-state index contributed by atoms with van der Waals surface area (Å²) in [6, 6.07) is 1.69. The first-order valence-electron chi connectivity index (χ1n) is 6.01. The highest BCUT2D eigenvalue weighted by atomic mass is 16.5. The minimum atomic E-state index is -1.10. The van der Waals surface area contributed by atoms with Crippen molar-refractivity contribution in [2.75, 3.05) is 18.5 Å². The molecule has 0 fully saturated rings. The molecule has 0 atom stereocenters. The zero-order valence-corrected chi connectivity index (χ0v) is 10.9. The molecule has 0 radical (unpaired) electrons. The van der Waals surface area contributed by atoms with Gasteiger partial charge in [-0.25, -0.2) is 19.4 Å². The van der Waals surface area contributed by atoms with Crippen molar-refractivity contribution in [1.29, 1.82) is 0 Å². The van der Waals surface area contributed by atoms with Crippen molar-refractivity contribution in [2.45, 2.75) is 13.5 Å². The van der Waals surface area contributed by atoms with Crippen LogP contribution in [0.15, 0.2) is 18.6 Å². The van der Waals surface area contributed by atoms with Crippen LogP contribution >= 0.6 is 0 Å². The van der Waals surface area contributed by atoms with Gasteiger partial charge in [-0.2, -0.15) is 0 Å². The summed E-state index contributed by atoms with van der Waals surface area (Å²) < 4.78 is 6.70. The van der Waals surface area contributed by atoms with Crippen LogP contribution in [0.25, 0.3) is 0 Å². The van der Waals surface area contributed by atoms with Crippen LogP contribution < -0.4 is 10.1 Å². The minimum absolute atomic E-state index is 0.0781. The lowest BCUT2D eigenvalue weighted by atomic mass is 10.5. The molecular formula is C11H14N6O3. The average Bonchev–Trinajstić information content (AvgIpc) is 2.89. The molecule has 2 N–H and O–H groups in total. The maximum Gasteiger partial charge on any atom is 0.358 e. The number of carboxylic acid groups (broad SMARTS) is 1. The number of carboxylic acids is 1. The summed E-state index contributed by atoms with van der Waals surface area (Å²) in [5, 5.41) is 19.0. The van der Waals surface area contributed by atoms with Crippen molar-refractivity contribution in [3.63, 3.8) is 0 Å². The van der Waals surface area contributed by atoms with Crippen LogP contribution in [0.3, 0.4) is 0 Å². The normalized spacial score (nSPS) is 10.2. The Bertz CT molecular complexity index is 585. The van der Waals surface area contributed by atoms with Gasteiger partial charge in [0.25, 0.3) is 0 Å². The number of nitrogens with one attached hydrogen (secondary N) is 1. The fourth-order valence-corrected chi connectivity index (χ4v) is 1.47. The average molecular weight is 278 g/mol. The lowest BCUT2D eigenvalue weighted by molar-refractivity contribution is 0.0690. The van der Waals surface area contributed by atoms with Crippen molar-refractivity contribution >= 4 is 11.8 Å². The van der Waals surface area contributed by atoms with Gasteiger partial charge in [0.05, 0.1) is 19.3 Å². The van der Waals surface area contributed by atoms with Gasteiger partial charge in [-0.05, 0) is 6.92 Å². The molecule has 2 aromatic heterocycles. The molecule has 0 aliphatic heterocycles. The van der Waals surface area contributed by atoms with Crippen molar-refractivity contribution in [3.8, 4) is 5.88 Å². The first kappa shape index (κ1) is 13.7. The van der Waals surface area contributed by atoms with Crippen molar-refractivity contribution in [2.24, 2.45) is 0 Å². The van der Waals surface area contributed by atoms with Gasteiger partial charge >= 0.3 is 5.97 Å². The Kier molecular flexibility index (Phi) is 4.43. The number of ether oxygens (including phenoxy) is 1. The third-order valence-electron chi connectivity index (χ3n) is 2.34. The monoisotopic (exact) mass is 278 g/mol. The van der Waals surface area contributed by atoms with Gasteiger partial charge in [-0.15, -0.1) is 5.10 Å². The van der Waals surface area contributed by atoms with Gasteiger partial charge < -0.3 is 15.2 Å². The number of aromatic carboxylic acids is 1. The van der Waals surface area contributed by atoms with Crippen molar-refractivity contribution < 1.29 is 14.6 Å². The van der Waals surface area contributed by atoms with Crippen LogP contribution in [-0.4, -0.2) is 49.2 Å². The second-order valence-electron chi connectivity index (χ2n) is 3.77. The molecule has 106 valence electrons. The molecule has 0 amide bonds. The highest BCUT2D eigenvalue weighted by Gasteiger charge is 2.07. The number of anilines is 1. The molecule has 0 saturated carbocycles. The van der Waals surface area contributed by atoms with Crippen LogP contribution in [0.4, 0.5) is 5.82 Å². The standard InChI is InChI=1S/C11H14N6O3/c1-2-20-10-5-9(13-7-14-10)12-3-4-17-6-8(11(18)19)15-16-17/h5-7H,2-4H2,1H3,(H,18,19)(H,12,13,14). The van der Waals surface area contributed by atoms with E-state index in [0.717, 1.165) is 0 Å². The third kappa shape index (κ3) is 3.64. The zero-order chi connectivity index (χ0) is 14.4. The number of hydrogen-bond donors (Lipinski definition) is 2. The van der Waals surface area contributed by atoms with E-state index in [1.165, 1.54) is 17.2 Å². The van der Waals surface area contributed by atoms with Gasteiger partial charge in [-0.3, -0.25) is 0 Å². The molecule has 0 saturated heterocycles. The quantitative estimate of drug-likeness (QED) is 0.742. The van der Waals surface area contributed by atoms with Crippen LogP contribution in [0.5, 0.6) is 5.88 Å². The Hall–Kier alpha value is -2.71. The largest absolute Gasteiger partial charge is 0.478 e. The fraction of sp³-hybridized carbons (Fsp3) is 0.364. The molecule has 0 bridgehead atoms. The van der Waals surface area contributed by atoms with E-state index in [1.54, 1.807) is 6.07 Å². The maximum atomic E-state index is 10.6. The smallest absolute Gasteiger partial charge is 0.358 e. The van der Waals surface area contributed by atoms with E-state index in [-0.39, 0.29) is 5.69 Å².